The topological polar surface area (TPSA) is 36.0 Å². The lowest BCUT2D eigenvalue weighted by atomic mass is 10.3. The second-order valence-corrected chi connectivity index (χ2v) is 4.46. The van der Waals surface area contributed by atoms with Gasteiger partial charge < -0.3 is 19.4 Å². The fourth-order valence-corrected chi connectivity index (χ4v) is 1.72. The normalized spacial score (nSPS) is 16.6. The van der Waals surface area contributed by atoms with Crippen LogP contribution in [0.15, 0.2) is 0 Å². The van der Waals surface area contributed by atoms with Crippen molar-refractivity contribution in [3.05, 3.63) is 0 Å². The number of carbonyl (C=O) groups is 1. The Balaban J connectivity index is 2.23. The Kier molecular flexibility index (Phi) is 5.55. The molecule has 5 heteroatoms. The first kappa shape index (κ1) is 13.3. The van der Waals surface area contributed by atoms with Crippen LogP contribution in [0, 0.1) is 0 Å². The fourth-order valence-electron chi connectivity index (χ4n) is 1.72. The van der Waals surface area contributed by atoms with Gasteiger partial charge in [0.1, 0.15) is 0 Å². The Hall–Kier alpha value is -0.810. The van der Waals surface area contributed by atoms with Gasteiger partial charge in [-0.25, -0.2) is 4.79 Å². The Morgan fingerprint density at radius 2 is 1.81 bits per heavy atom. The molecular formula is C11H23N3O2. The zero-order valence-electron chi connectivity index (χ0n) is 10.6. The molecule has 1 rings (SSSR count). The summed E-state index contributed by atoms with van der Waals surface area (Å²) in [5.74, 6) is 0. The summed E-state index contributed by atoms with van der Waals surface area (Å²) in [5.41, 5.74) is 0. The molecule has 0 aromatic carbocycles. The minimum Gasteiger partial charge on any atom is -0.378 e. The SMILES string of the molecule is CN(C)CCCN(C)C(=O)N1CCOCC1. The number of carbonyl (C=O) groups excluding carboxylic acids is 1. The van der Waals surface area contributed by atoms with Crippen LogP contribution in [0.4, 0.5) is 4.79 Å². The van der Waals surface area contributed by atoms with Crippen LogP contribution in [0.2, 0.25) is 0 Å². The molecule has 0 unspecified atom stereocenters. The van der Waals surface area contributed by atoms with Crippen molar-refractivity contribution in [2.45, 2.75) is 6.42 Å². The number of rotatable bonds is 4. The third-order valence-corrected chi connectivity index (χ3v) is 2.71. The van der Waals surface area contributed by atoms with E-state index >= 15 is 0 Å². The van der Waals surface area contributed by atoms with E-state index in [1.165, 1.54) is 0 Å². The predicted molar refractivity (Wildman–Crippen MR) is 63.6 cm³/mol. The maximum atomic E-state index is 12.0. The predicted octanol–water partition coefficient (Wildman–Crippen LogP) is 0.322. The van der Waals surface area contributed by atoms with Crippen LogP contribution < -0.4 is 0 Å². The van der Waals surface area contributed by atoms with E-state index in [1.54, 1.807) is 4.90 Å². The van der Waals surface area contributed by atoms with Gasteiger partial charge in [0.15, 0.2) is 0 Å². The molecule has 0 aliphatic carbocycles. The Morgan fingerprint density at radius 1 is 1.19 bits per heavy atom. The van der Waals surface area contributed by atoms with Gasteiger partial charge in [-0.05, 0) is 27.1 Å². The number of ether oxygens (including phenoxy) is 1. The molecule has 0 N–H and O–H groups in total. The molecule has 0 spiro atoms. The smallest absolute Gasteiger partial charge is 0.319 e. The van der Waals surface area contributed by atoms with Gasteiger partial charge in [-0.3, -0.25) is 0 Å². The van der Waals surface area contributed by atoms with Crippen LogP contribution in [-0.4, -0.2) is 81.3 Å². The van der Waals surface area contributed by atoms with Crippen LogP contribution in [0.25, 0.3) is 0 Å². The summed E-state index contributed by atoms with van der Waals surface area (Å²) in [7, 11) is 5.96. The van der Waals surface area contributed by atoms with Crippen molar-refractivity contribution in [3.63, 3.8) is 0 Å². The standard InChI is InChI=1S/C11H23N3O2/c1-12(2)5-4-6-13(3)11(15)14-7-9-16-10-8-14/h4-10H2,1-3H3. The summed E-state index contributed by atoms with van der Waals surface area (Å²) in [6.07, 6.45) is 1.01. The van der Waals surface area contributed by atoms with Gasteiger partial charge in [0.2, 0.25) is 0 Å². The molecule has 0 aromatic rings. The van der Waals surface area contributed by atoms with Gasteiger partial charge in [-0.1, -0.05) is 0 Å². The van der Waals surface area contributed by atoms with E-state index in [1.807, 2.05) is 26.0 Å². The second-order valence-electron chi connectivity index (χ2n) is 4.46. The summed E-state index contributed by atoms with van der Waals surface area (Å²) in [6.45, 7) is 4.59. The molecule has 0 radical (unpaired) electrons. The maximum absolute atomic E-state index is 12.0. The number of amides is 2. The summed E-state index contributed by atoms with van der Waals surface area (Å²) >= 11 is 0. The molecule has 16 heavy (non-hydrogen) atoms. The molecular weight excluding hydrogens is 206 g/mol. The van der Waals surface area contributed by atoms with Crippen LogP contribution in [0.1, 0.15) is 6.42 Å². The highest BCUT2D eigenvalue weighted by Gasteiger charge is 2.19. The number of hydrogen-bond donors (Lipinski definition) is 0. The third kappa shape index (κ3) is 4.37. The van der Waals surface area contributed by atoms with Gasteiger partial charge in [0.05, 0.1) is 13.2 Å². The van der Waals surface area contributed by atoms with E-state index in [4.69, 9.17) is 4.74 Å². The van der Waals surface area contributed by atoms with Crippen molar-refractivity contribution in [3.8, 4) is 0 Å². The zero-order chi connectivity index (χ0) is 12.0. The van der Waals surface area contributed by atoms with Gasteiger partial charge in [0.25, 0.3) is 0 Å². The van der Waals surface area contributed by atoms with Crippen LogP contribution in [0.3, 0.4) is 0 Å². The summed E-state index contributed by atoms with van der Waals surface area (Å²) in [6, 6.07) is 0.127. The molecule has 1 heterocycles. The molecule has 94 valence electrons. The molecule has 0 bridgehead atoms. The number of hydrogen-bond acceptors (Lipinski definition) is 3. The first-order chi connectivity index (χ1) is 7.61. The Morgan fingerprint density at radius 3 is 2.38 bits per heavy atom. The van der Waals surface area contributed by atoms with Crippen molar-refractivity contribution in [1.29, 1.82) is 0 Å². The van der Waals surface area contributed by atoms with E-state index in [2.05, 4.69) is 4.90 Å². The molecule has 2 amide bonds. The minimum absolute atomic E-state index is 0.127. The van der Waals surface area contributed by atoms with Gasteiger partial charge >= 0.3 is 6.03 Å². The fraction of sp³-hybridized carbons (Fsp3) is 0.909. The summed E-state index contributed by atoms with van der Waals surface area (Å²) in [4.78, 5) is 17.7. The quantitative estimate of drug-likeness (QED) is 0.696. The minimum atomic E-state index is 0.127. The van der Waals surface area contributed by atoms with Crippen molar-refractivity contribution >= 4 is 6.03 Å². The van der Waals surface area contributed by atoms with E-state index < -0.39 is 0 Å². The van der Waals surface area contributed by atoms with Gasteiger partial charge in [0, 0.05) is 26.7 Å². The molecule has 1 saturated heterocycles. The molecule has 5 nitrogen and oxygen atoms in total. The molecule has 0 atom stereocenters. The van der Waals surface area contributed by atoms with E-state index in [9.17, 15) is 4.79 Å². The largest absolute Gasteiger partial charge is 0.378 e. The van der Waals surface area contributed by atoms with Crippen molar-refractivity contribution in [2.75, 3.05) is 60.5 Å². The number of urea groups is 1. The molecule has 0 aromatic heterocycles. The van der Waals surface area contributed by atoms with Crippen molar-refractivity contribution in [1.82, 2.24) is 14.7 Å². The second kappa shape index (κ2) is 6.70. The van der Waals surface area contributed by atoms with Crippen molar-refractivity contribution < 1.29 is 9.53 Å². The van der Waals surface area contributed by atoms with E-state index in [-0.39, 0.29) is 6.03 Å². The lowest BCUT2D eigenvalue weighted by molar-refractivity contribution is 0.0451. The average molecular weight is 229 g/mol. The Labute approximate surface area is 97.9 Å². The molecule has 1 fully saturated rings. The lowest BCUT2D eigenvalue weighted by Crippen LogP contribution is -2.47. The maximum Gasteiger partial charge on any atom is 0.319 e. The molecule has 0 saturated carbocycles. The number of morpholine rings is 1. The number of nitrogens with zero attached hydrogens (tertiary/aromatic N) is 3. The monoisotopic (exact) mass is 229 g/mol. The van der Waals surface area contributed by atoms with E-state index in [0.717, 1.165) is 32.6 Å². The van der Waals surface area contributed by atoms with Gasteiger partial charge in [-0.15, -0.1) is 0 Å². The first-order valence-corrected chi connectivity index (χ1v) is 5.84. The van der Waals surface area contributed by atoms with E-state index in [0.29, 0.717) is 13.2 Å². The van der Waals surface area contributed by atoms with Crippen LogP contribution in [-0.2, 0) is 4.74 Å². The average Bonchev–Trinajstić information content (AvgIpc) is 2.28. The summed E-state index contributed by atoms with van der Waals surface area (Å²) < 4.78 is 5.22. The lowest BCUT2D eigenvalue weighted by Gasteiger charge is -2.31. The first-order valence-electron chi connectivity index (χ1n) is 5.84. The van der Waals surface area contributed by atoms with Crippen LogP contribution >= 0.6 is 0 Å². The Bertz CT molecular complexity index is 215. The zero-order valence-corrected chi connectivity index (χ0v) is 10.6. The highest BCUT2D eigenvalue weighted by atomic mass is 16.5. The molecule has 1 aliphatic heterocycles. The highest BCUT2D eigenvalue weighted by molar-refractivity contribution is 5.74. The van der Waals surface area contributed by atoms with Crippen LogP contribution in [0.5, 0.6) is 0 Å². The molecule has 1 aliphatic rings. The summed E-state index contributed by atoms with van der Waals surface area (Å²) in [5, 5.41) is 0. The highest BCUT2D eigenvalue weighted by Crippen LogP contribution is 2.02. The van der Waals surface area contributed by atoms with Crippen molar-refractivity contribution in [2.24, 2.45) is 0 Å². The van der Waals surface area contributed by atoms with Gasteiger partial charge in [-0.2, -0.15) is 0 Å². The third-order valence-electron chi connectivity index (χ3n) is 2.71.